The number of para-hydroxylation sites is 1. The Morgan fingerprint density at radius 2 is 1.65 bits per heavy atom. The summed E-state index contributed by atoms with van der Waals surface area (Å²) in [5, 5.41) is 6.90. The van der Waals surface area contributed by atoms with Crippen molar-refractivity contribution < 1.29 is 0 Å². The zero-order valence-corrected chi connectivity index (χ0v) is 14.4. The average molecular weight is 310 g/mol. The molecule has 1 fully saturated rings. The second-order valence-electron chi connectivity index (χ2n) is 6.93. The second-order valence-corrected chi connectivity index (χ2v) is 6.93. The van der Waals surface area contributed by atoms with Gasteiger partial charge in [-0.2, -0.15) is 4.98 Å². The Morgan fingerprint density at radius 1 is 1.00 bits per heavy atom. The molecule has 1 heterocycles. The largest absolute Gasteiger partial charge is 0.351 e. The highest BCUT2D eigenvalue weighted by Crippen LogP contribution is 2.34. The highest BCUT2D eigenvalue weighted by Gasteiger charge is 2.22. The lowest BCUT2D eigenvalue weighted by Gasteiger charge is -2.20. The Balaban J connectivity index is 1.91. The monoisotopic (exact) mass is 310 g/mol. The summed E-state index contributed by atoms with van der Waals surface area (Å²) in [5.74, 6) is 2.48. The van der Waals surface area contributed by atoms with Crippen LogP contribution in [0.3, 0.4) is 0 Å². The number of nitrogens with zero attached hydrogens (tertiary/aromatic N) is 2. The van der Waals surface area contributed by atoms with Crippen molar-refractivity contribution >= 4 is 17.5 Å². The van der Waals surface area contributed by atoms with Crippen molar-refractivity contribution in [3.8, 4) is 0 Å². The number of aromatic nitrogens is 2. The summed E-state index contributed by atoms with van der Waals surface area (Å²) in [6.07, 6.45) is 4.25. The summed E-state index contributed by atoms with van der Waals surface area (Å²) < 4.78 is 0. The molecule has 2 aromatic rings. The van der Waals surface area contributed by atoms with Gasteiger partial charge in [0.25, 0.3) is 0 Å². The summed E-state index contributed by atoms with van der Waals surface area (Å²) in [4.78, 5) is 8.93. The van der Waals surface area contributed by atoms with Crippen molar-refractivity contribution in [3.05, 3.63) is 41.6 Å². The highest BCUT2D eigenvalue weighted by molar-refractivity contribution is 5.67. The van der Waals surface area contributed by atoms with Gasteiger partial charge in [0, 0.05) is 17.9 Å². The molecule has 0 radical (unpaired) electrons. The van der Waals surface area contributed by atoms with Crippen LogP contribution in [-0.4, -0.2) is 16.0 Å². The third kappa shape index (κ3) is 3.81. The van der Waals surface area contributed by atoms with Gasteiger partial charge in [-0.3, -0.25) is 0 Å². The fourth-order valence-corrected chi connectivity index (χ4v) is 2.73. The summed E-state index contributed by atoms with van der Waals surface area (Å²) in [6, 6.07) is 9.03. The average Bonchev–Trinajstić information content (AvgIpc) is 3.31. The van der Waals surface area contributed by atoms with Gasteiger partial charge in [-0.1, -0.05) is 45.9 Å². The minimum Gasteiger partial charge on any atom is -0.351 e. The van der Waals surface area contributed by atoms with Gasteiger partial charge >= 0.3 is 0 Å². The molecule has 122 valence electrons. The quantitative estimate of drug-likeness (QED) is 0.784. The third-order valence-corrected chi connectivity index (χ3v) is 4.19. The fraction of sp³-hybridized carbons (Fsp3) is 0.474. The van der Waals surface area contributed by atoms with Crippen LogP contribution < -0.4 is 10.6 Å². The molecule has 1 aromatic carbocycles. The van der Waals surface area contributed by atoms with E-state index in [0.29, 0.717) is 23.8 Å². The normalized spacial score (nSPS) is 14.3. The molecule has 1 saturated carbocycles. The van der Waals surface area contributed by atoms with E-state index >= 15 is 0 Å². The number of nitrogens with one attached hydrogen (secondary N) is 2. The van der Waals surface area contributed by atoms with Gasteiger partial charge in [-0.25, -0.2) is 4.98 Å². The Morgan fingerprint density at radius 3 is 2.22 bits per heavy atom. The number of anilines is 3. The number of rotatable bonds is 6. The Hall–Kier alpha value is -2.10. The maximum Gasteiger partial charge on any atom is 0.224 e. The summed E-state index contributed by atoms with van der Waals surface area (Å²) >= 11 is 0. The smallest absolute Gasteiger partial charge is 0.224 e. The first kappa shape index (κ1) is 15.8. The van der Waals surface area contributed by atoms with Gasteiger partial charge in [-0.05, 0) is 41.9 Å². The van der Waals surface area contributed by atoms with Crippen molar-refractivity contribution in [3.63, 3.8) is 0 Å². The van der Waals surface area contributed by atoms with Gasteiger partial charge in [0.15, 0.2) is 0 Å². The van der Waals surface area contributed by atoms with E-state index in [2.05, 4.69) is 66.5 Å². The van der Waals surface area contributed by atoms with Crippen molar-refractivity contribution in [1.82, 2.24) is 9.97 Å². The first-order valence-electron chi connectivity index (χ1n) is 8.54. The predicted octanol–water partition coefficient (Wildman–Crippen LogP) is 5.04. The lowest BCUT2D eigenvalue weighted by molar-refractivity contribution is 0.838. The molecule has 0 bridgehead atoms. The molecule has 1 aliphatic carbocycles. The topological polar surface area (TPSA) is 49.8 Å². The Labute approximate surface area is 138 Å². The van der Waals surface area contributed by atoms with E-state index in [1.54, 1.807) is 0 Å². The van der Waals surface area contributed by atoms with Crippen LogP contribution in [0.1, 0.15) is 63.5 Å². The van der Waals surface area contributed by atoms with Gasteiger partial charge in [-0.15, -0.1) is 0 Å². The van der Waals surface area contributed by atoms with Crippen molar-refractivity contribution in [2.75, 3.05) is 10.6 Å². The van der Waals surface area contributed by atoms with Gasteiger partial charge < -0.3 is 10.6 Å². The second kappa shape index (κ2) is 6.57. The van der Waals surface area contributed by atoms with Gasteiger partial charge in [0.2, 0.25) is 5.95 Å². The van der Waals surface area contributed by atoms with Crippen molar-refractivity contribution in [2.24, 2.45) is 0 Å². The van der Waals surface area contributed by atoms with Crippen LogP contribution in [0.2, 0.25) is 0 Å². The van der Waals surface area contributed by atoms with Gasteiger partial charge in [0.05, 0.1) is 0 Å². The third-order valence-electron chi connectivity index (χ3n) is 4.19. The molecule has 2 N–H and O–H groups in total. The number of hydrogen-bond acceptors (Lipinski definition) is 4. The van der Waals surface area contributed by atoms with E-state index in [-0.39, 0.29) is 0 Å². The SMILES string of the molecule is CC(C)c1cccc(C(C)C)c1Nc1ccnc(NC2CC2)n1. The molecule has 3 rings (SSSR count). The zero-order chi connectivity index (χ0) is 16.4. The summed E-state index contributed by atoms with van der Waals surface area (Å²) in [6.45, 7) is 8.91. The van der Waals surface area contributed by atoms with E-state index in [0.717, 1.165) is 5.82 Å². The predicted molar refractivity (Wildman–Crippen MR) is 96.6 cm³/mol. The van der Waals surface area contributed by atoms with Crippen LogP contribution in [0.5, 0.6) is 0 Å². The number of benzene rings is 1. The van der Waals surface area contributed by atoms with Crippen LogP contribution in [0.15, 0.2) is 30.5 Å². The van der Waals surface area contributed by atoms with E-state index in [4.69, 9.17) is 0 Å². The lowest BCUT2D eigenvalue weighted by Crippen LogP contribution is -2.08. The molecule has 4 nitrogen and oxygen atoms in total. The van der Waals surface area contributed by atoms with E-state index in [1.165, 1.54) is 29.7 Å². The Bertz CT molecular complexity index is 649. The van der Waals surface area contributed by atoms with Crippen LogP contribution in [0.4, 0.5) is 17.5 Å². The molecule has 0 aliphatic heterocycles. The molecule has 23 heavy (non-hydrogen) atoms. The van der Waals surface area contributed by atoms with E-state index in [1.807, 2.05) is 12.3 Å². The minimum absolute atomic E-state index is 0.460. The molecule has 4 heteroatoms. The van der Waals surface area contributed by atoms with E-state index < -0.39 is 0 Å². The first-order valence-corrected chi connectivity index (χ1v) is 8.54. The maximum atomic E-state index is 4.62. The van der Waals surface area contributed by atoms with E-state index in [9.17, 15) is 0 Å². The highest BCUT2D eigenvalue weighted by atomic mass is 15.2. The van der Waals surface area contributed by atoms with Crippen LogP contribution in [0, 0.1) is 0 Å². The lowest BCUT2D eigenvalue weighted by atomic mass is 9.92. The van der Waals surface area contributed by atoms with Crippen molar-refractivity contribution in [1.29, 1.82) is 0 Å². The standard InChI is InChI=1S/C19H26N4/c1-12(2)15-6-5-7-16(13(3)4)18(15)22-17-10-11-20-19(23-17)21-14-8-9-14/h5-7,10-14H,8-9H2,1-4H3,(H2,20,21,22,23). The zero-order valence-electron chi connectivity index (χ0n) is 14.4. The summed E-state index contributed by atoms with van der Waals surface area (Å²) in [5.41, 5.74) is 3.84. The van der Waals surface area contributed by atoms with Crippen LogP contribution >= 0.6 is 0 Å². The molecule has 0 saturated heterocycles. The fourth-order valence-electron chi connectivity index (χ4n) is 2.73. The van der Waals surface area contributed by atoms with Crippen LogP contribution in [0.25, 0.3) is 0 Å². The van der Waals surface area contributed by atoms with Crippen molar-refractivity contribution in [2.45, 2.75) is 58.4 Å². The molecular formula is C19H26N4. The first-order chi connectivity index (χ1) is 11.0. The number of hydrogen-bond donors (Lipinski definition) is 2. The maximum absolute atomic E-state index is 4.62. The molecule has 1 aromatic heterocycles. The summed E-state index contributed by atoms with van der Waals surface area (Å²) in [7, 11) is 0. The molecule has 0 spiro atoms. The van der Waals surface area contributed by atoms with Crippen LogP contribution in [-0.2, 0) is 0 Å². The molecule has 1 aliphatic rings. The molecule has 0 amide bonds. The minimum atomic E-state index is 0.460. The van der Waals surface area contributed by atoms with Gasteiger partial charge in [0.1, 0.15) is 5.82 Å². The molecule has 0 atom stereocenters. The molecule has 0 unspecified atom stereocenters. The Kier molecular flexibility index (Phi) is 4.51. The molecular weight excluding hydrogens is 284 g/mol.